The van der Waals surface area contributed by atoms with E-state index in [1.807, 2.05) is 0 Å². The fraction of sp³-hybridized carbons (Fsp3) is 0.0612. The van der Waals surface area contributed by atoms with E-state index in [0.717, 1.165) is 0 Å². The Hall–Kier alpha value is -5.98. The van der Waals surface area contributed by atoms with Crippen LogP contribution in [0.25, 0.3) is 87.6 Å². The summed E-state index contributed by atoms with van der Waals surface area (Å²) in [4.78, 5) is 0. The van der Waals surface area contributed by atoms with Crippen LogP contribution in [0.4, 0.5) is 0 Å². The lowest BCUT2D eigenvalue weighted by Gasteiger charge is -2.24. The fourth-order valence-electron chi connectivity index (χ4n) is 8.86. The van der Waals surface area contributed by atoms with Gasteiger partial charge in [0.2, 0.25) is 0 Å². The summed E-state index contributed by atoms with van der Waals surface area (Å²) in [5.74, 6) is 0. The molecule has 0 atom stereocenters. The molecule has 0 aliphatic heterocycles. The van der Waals surface area contributed by atoms with E-state index in [2.05, 4.69) is 184 Å². The van der Waals surface area contributed by atoms with Crippen molar-refractivity contribution in [3.05, 3.63) is 181 Å². The Morgan fingerprint density at radius 2 is 0.714 bits per heavy atom. The molecular weight excluding hydrogens is 589 g/mol. The quantitative estimate of drug-likeness (QED) is 0.172. The van der Waals surface area contributed by atoms with Crippen LogP contribution in [0.3, 0.4) is 0 Å². The third-order valence-electron chi connectivity index (χ3n) is 11.1. The van der Waals surface area contributed by atoms with Gasteiger partial charge in [-0.15, -0.1) is 0 Å². The molecular formula is C49H34. The molecule has 0 bridgehead atoms. The normalized spacial score (nSPS) is 13.3. The van der Waals surface area contributed by atoms with E-state index < -0.39 is 0 Å². The summed E-state index contributed by atoms with van der Waals surface area (Å²) in [6.45, 7) is 4.78. The van der Waals surface area contributed by atoms with Gasteiger partial charge in [-0.2, -0.15) is 0 Å². The average Bonchev–Trinajstić information content (AvgIpc) is 3.39. The molecule has 0 spiro atoms. The maximum Gasteiger partial charge on any atom is 0.0159 e. The zero-order chi connectivity index (χ0) is 32.7. The first-order valence-electron chi connectivity index (χ1n) is 17.3. The Kier molecular flexibility index (Phi) is 6.02. The van der Waals surface area contributed by atoms with Crippen molar-refractivity contribution in [2.75, 3.05) is 0 Å². The van der Waals surface area contributed by atoms with Gasteiger partial charge in [-0.3, -0.25) is 0 Å². The highest BCUT2D eigenvalue weighted by molar-refractivity contribution is 6.25. The second-order valence-electron chi connectivity index (χ2n) is 14.0. The Labute approximate surface area is 286 Å². The largest absolute Gasteiger partial charge is 0.0619 e. The molecule has 0 heteroatoms. The Morgan fingerprint density at radius 1 is 0.286 bits per heavy atom. The Balaban J connectivity index is 1.33. The summed E-state index contributed by atoms with van der Waals surface area (Å²) in [6, 6.07) is 63.1. The molecule has 1 aliphatic carbocycles. The average molecular weight is 623 g/mol. The van der Waals surface area contributed by atoms with Crippen LogP contribution in [0.1, 0.15) is 25.0 Å². The second-order valence-corrected chi connectivity index (χ2v) is 14.0. The molecule has 230 valence electrons. The van der Waals surface area contributed by atoms with E-state index in [1.165, 1.54) is 98.7 Å². The van der Waals surface area contributed by atoms with Crippen molar-refractivity contribution >= 4 is 43.1 Å². The zero-order valence-electron chi connectivity index (χ0n) is 27.7. The third-order valence-corrected chi connectivity index (χ3v) is 11.1. The first-order chi connectivity index (χ1) is 24.1. The number of fused-ring (bicyclic) bond motifs is 8. The number of hydrogen-bond donors (Lipinski definition) is 0. The molecule has 0 aromatic heterocycles. The van der Waals surface area contributed by atoms with Crippen LogP contribution in [0, 0.1) is 0 Å². The monoisotopic (exact) mass is 622 g/mol. The molecule has 0 heterocycles. The first kappa shape index (κ1) is 28.1. The lowest BCUT2D eigenvalue weighted by atomic mass is 9.78. The minimum Gasteiger partial charge on any atom is -0.0619 e. The van der Waals surface area contributed by atoms with E-state index in [-0.39, 0.29) is 5.41 Å². The third kappa shape index (κ3) is 3.98. The van der Waals surface area contributed by atoms with Gasteiger partial charge in [0, 0.05) is 5.41 Å². The summed E-state index contributed by atoms with van der Waals surface area (Å²) in [7, 11) is 0. The number of hydrogen-bond acceptors (Lipinski definition) is 0. The Bertz CT molecular complexity index is 2730. The van der Waals surface area contributed by atoms with E-state index in [9.17, 15) is 0 Å². The lowest BCUT2D eigenvalue weighted by Crippen LogP contribution is -2.15. The molecule has 0 saturated heterocycles. The van der Waals surface area contributed by atoms with Crippen LogP contribution in [-0.2, 0) is 5.41 Å². The van der Waals surface area contributed by atoms with E-state index >= 15 is 0 Å². The molecule has 0 saturated carbocycles. The predicted molar refractivity (Wildman–Crippen MR) is 210 cm³/mol. The van der Waals surface area contributed by atoms with Crippen LogP contribution < -0.4 is 0 Å². The fourth-order valence-corrected chi connectivity index (χ4v) is 8.86. The molecule has 0 fully saturated rings. The SMILES string of the molecule is CC1(C)c2ccccc2-c2c1cc(-c1c3ccccc3c(-c3ccccc3-c3cccc4ccccc34)c3ccccc13)c1ccccc21. The second kappa shape index (κ2) is 10.5. The van der Waals surface area contributed by atoms with E-state index in [4.69, 9.17) is 0 Å². The van der Waals surface area contributed by atoms with Crippen LogP contribution in [0.5, 0.6) is 0 Å². The van der Waals surface area contributed by atoms with Crippen LogP contribution in [0.15, 0.2) is 170 Å². The highest BCUT2D eigenvalue weighted by Gasteiger charge is 2.37. The molecule has 0 radical (unpaired) electrons. The summed E-state index contributed by atoms with van der Waals surface area (Å²) in [6.07, 6.45) is 0. The summed E-state index contributed by atoms with van der Waals surface area (Å²) in [5.41, 5.74) is 13.1. The van der Waals surface area contributed by atoms with Gasteiger partial charge in [0.15, 0.2) is 0 Å². The van der Waals surface area contributed by atoms with Gasteiger partial charge in [0.1, 0.15) is 0 Å². The van der Waals surface area contributed by atoms with E-state index in [0.29, 0.717) is 0 Å². The van der Waals surface area contributed by atoms with Crippen LogP contribution >= 0.6 is 0 Å². The van der Waals surface area contributed by atoms with Gasteiger partial charge in [0.25, 0.3) is 0 Å². The lowest BCUT2D eigenvalue weighted by molar-refractivity contribution is 0.661. The number of rotatable bonds is 3. The van der Waals surface area contributed by atoms with Crippen molar-refractivity contribution in [2.24, 2.45) is 0 Å². The summed E-state index contributed by atoms with van der Waals surface area (Å²) >= 11 is 0. The van der Waals surface area contributed by atoms with Crippen molar-refractivity contribution in [1.29, 1.82) is 0 Å². The highest BCUT2D eigenvalue weighted by Crippen LogP contribution is 2.55. The van der Waals surface area contributed by atoms with Crippen molar-refractivity contribution in [2.45, 2.75) is 19.3 Å². The van der Waals surface area contributed by atoms with Crippen molar-refractivity contribution in [3.8, 4) is 44.5 Å². The molecule has 0 amide bonds. The zero-order valence-corrected chi connectivity index (χ0v) is 27.7. The molecule has 1 aliphatic rings. The van der Waals surface area contributed by atoms with Gasteiger partial charge in [-0.05, 0) is 105 Å². The molecule has 0 N–H and O–H groups in total. The molecule has 49 heavy (non-hydrogen) atoms. The molecule has 9 aromatic carbocycles. The molecule has 10 rings (SSSR count). The maximum atomic E-state index is 2.52. The van der Waals surface area contributed by atoms with Crippen molar-refractivity contribution in [3.63, 3.8) is 0 Å². The van der Waals surface area contributed by atoms with Gasteiger partial charge < -0.3 is 0 Å². The Morgan fingerprint density at radius 3 is 1.37 bits per heavy atom. The smallest absolute Gasteiger partial charge is 0.0159 e. The van der Waals surface area contributed by atoms with Gasteiger partial charge in [0.05, 0.1) is 0 Å². The first-order valence-corrected chi connectivity index (χ1v) is 17.3. The molecule has 0 nitrogen and oxygen atoms in total. The van der Waals surface area contributed by atoms with Gasteiger partial charge in [-0.1, -0.05) is 178 Å². The van der Waals surface area contributed by atoms with Gasteiger partial charge in [-0.25, -0.2) is 0 Å². The van der Waals surface area contributed by atoms with E-state index in [1.54, 1.807) is 0 Å². The van der Waals surface area contributed by atoms with Crippen LogP contribution in [-0.4, -0.2) is 0 Å². The molecule has 9 aromatic rings. The molecule has 0 unspecified atom stereocenters. The minimum atomic E-state index is -0.104. The highest BCUT2D eigenvalue weighted by atomic mass is 14.4. The summed E-state index contributed by atoms with van der Waals surface area (Å²) < 4.78 is 0. The topological polar surface area (TPSA) is 0 Å². The maximum absolute atomic E-state index is 2.52. The predicted octanol–water partition coefficient (Wildman–Crippen LogP) is 13.6. The number of benzene rings is 9. The summed E-state index contributed by atoms with van der Waals surface area (Å²) in [5, 5.41) is 10.3. The standard InChI is InChI=1S/C49H34/c1-49(2)44-29-14-13-27-42(44)48-37-22-8-6-20-35(37)43(30-45(48)49)47-40-25-11-9-23-38(40)46(39-24-10-12-26-41(39)47)36-21-7-5-19-34(36)33-28-15-17-31-16-3-4-18-32(31)33/h3-30H,1-2H3. The minimum absolute atomic E-state index is 0.104. The van der Waals surface area contributed by atoms with Crippen molar-refractivity contribution < 1.29 is 0 Å². The van der Waals surface area contributed by atoms with Gasteiger partial charge >= 0.3 is 0 Å². The van der Waals surface area contributed by atoms with Crippen molar-refractivity contribution in [1.82, 2.24) is 0 Å². The van der Waals surface area contributed by atoms with Crippen LogP contribution in [0.2, 0.25) is 0 Å².